The van der Waals surface area contributed by atoms with Crippen molar-refractivity contribution in [2.75, 3.05) is 5.32 Å². The number of amides is 2. The van der Waals surface area contributed by atoms with E-state index in [1.807, 2.05) is 31.2 Å². The highest BCUT2D eigenvalue weighted by Gasteiger charge is 2.11. The largest absolute Gasteiger partial charge is 0.366 e. The maximum Gasteiger partial charge on any atom is 0.248 e. The fourth-order valence-corrected chi connectivity index (χ4v) is 2.29. The van der Waals surface area contributed by atoms with E-state index in [-0.39, 0.29) is 12.5 Å². The minimum atomic E-state index is -0.520. The first-order chi connectivity index (χ1) is 12.0. The summed E-state index contributed by atoms with van der Waals surface area (Å²) in [6, 6.07) is 14.0. The van der Waals surface area contributed by atoms with E-state index < -0.39 is 5.91 Å². The van der Waals surface area contributed by atoms with Crippen LogP contribution < -0.4 is 11.1 Å². The minimum absolute atomic E-state index is 0.0730. The molecule has 0 aliphatic heterocycles. The zero-order chi connectivity index (χ0) is 17.8. The number of aromatic nitrogens is 4. The minimum Gasteiger partial charge on any atom is -0.366 e. The predicted octanol–water partition coefficient (Wildman–Crippen LogP) is 1.39. The topological polar surface area (TPSA) is 116 Å². The van der Waals surface area contributed by atoms with Crippen LogP contribution in [0.2, 0.25) is 0 Å². The lowest BCUT2D eigenvalue weighted by molar-refractivity contribution is -0.117. The van der Waals surface area contributed by atoms with Crippen LogP contribution >= 0.6 is 0 Å². The lowest BCUT2D eigenvalue weighted by Crippen LogP contribution is -2.20. The highest BCUT2D eigenvalue weighted by Crippen LogP contribution is 2.17. The number of tetrazole rings is 1. The van der Waals surface area contributed by atoms with Crippen LogP contribution in [0.1, 0.15) is 15.9 Å². The summed E-state index contributed by atoms with van der Waals surface area (Å²) >= 11 is 0. The van der Waals surface area contributed by atoms with Gasteiger partial charge in [-0.15, -0.1) is 10.2 Å². The Morgan fingerprint density at radius 1 is 1.12 bits per heavy atom. The summed E-state index contributed by atoms with van der Waals surface area (Å²) < 4.78 is 0. The van der Waals surface area contributed by atoms with E-state index in [1.165, 1.54) is 4.80 Å². The van der Waals surface area contributed by atoms with Gasteiger partial charge < -0.3 is 11.1 Å². The molecule has 0 aliphatic carbocycles. The van der Waals surface area contributed by atoms with Gasteiger partial charge in [0.25, 0.3) is 0 Å². The molecule has 0 radical (unpaired) electrons. The van der Waals surface area contributed by atoms with E-state index in [0.29, 0.717) is 17.1 Å². The number of nitrogens with zero attached hydrogens (tertiary/aromatic N) is 4. The zero-order valence-corrected chi connectivity index (χ0v) is 13.5. The normalized spacial score (nSPS) is 10.4. The average molecular weight is 336 g/mol. The summed E-state index contributed by atoms with van der Waals surface area (Å²) in [7, 11) is 0. The van der Waals surface area contributed by atoms with Crippen LogP contribution in [0.25, 0.3) is 11.4 Å². The number of nitrogens with one attached hydrogen (secondary N) is 1. The molecule has 3 N–H and O–H groups in total. The summed E-state index contributed by atoms with van der Waals surface area (Å²) in [5.41, 5.74) is 8.00. The van der Waals surface area contributed by atoms with Crippen molar-refractivity contribution in [3.63, 3.8) is 0 Å². The molecule has 3 aromatic rings. The lowest BCUT2D eigenvalue weighted by Gasteiger charge is -2.05. The van der Waals surface area contributed by atoms with Crippen molar-refractivity contribution < 1.29 is 9.59 Å². The van der Waals surface area contributed by atoms with E-state index in [1.54, 1.807) is 24.3 Å². The number of carbonyl (C=O) groups is 2. The molecule has 8 heteroatoms. The van der Waals surface area contributed by atoms with Crippen molar-refractivity contribution in [3.05, 3.63) is 59.7 Å². The maximum atomic E-state index is 12.1. The maximum absolute atomic E-state index is 12.1. The molecule has 126 valence electrons. The van der Waals surface area contributed by atoms with Crippen molar-refractivity contribution in [1.82, 2.24) is 20.2 Å². The number of nitrogens with two attached hydrogens (primary N) is 1. The summed E-state index contributed by atoms with van der Waals surface area (Å²) in [5, 5.41) is 14.8. The summed E-state index contributed by atoms with van der Waals surface area (Å²) in [4.78, 5) is 24.3. The molecule has 0 aliphatic rings. The van der Waals surface area contributed by atoms with E-state index in [2.05, 4.69) is 20.7 Å². The van der Waals surface area contributed by atoms with Gasteiger partial charge in [0.05, 0.1) is 0 Å². The number of benzene rings is 2. The Bertz CT molecular complexity index is 917. The van der Waals surface area contributed by atoms with E-state index in [9.17, 15) is 9.59 Å². The molecule has 0 unspecified atom stereocenters. The van der Waals surface area contributed by atoms with Gasteiger partial charge in [0.2, 0.25) is 17.6 Å². The Morgan fingerprint density at radius 2 is 1.84 bits per heavy atom. The van der Waals surface area contributed by atoms with Gasteiger partial charge in [0, 0.05) is 16.8 Å². The second-order valence-electron chi connectivity index (χ2n) is 5.45. The van der Waals surface area contributed by atoms with Gasteiger partial charge in [-0.3, -0.25) is 9.59 Å². The molecule has 2 amide bonds. The molecule has 0 saturated heterocycles. The molecule has 1 heterocycles. The van der Waals surface area contributed by atoms with Crippen molar-refractivity contribution in [3.8, 4) is 11.4 Å². The molecule has 1 aromatic heterocycles. The third-order valence-electron chi connectivity index (χ3n) is 3.58. The SMILES string of the molecule is Cc1ccccc1-c1nnn(CC(=O)Nc2ccc(C(N)=O)cc2)n1. The van der Waals surface area contributed by atoms with Crippen molar-refractivity contribution >= 4 is 17.5 Å². The molecule has 3 rings (SSSR count). The Morgan fingerprint density at radius 3 is 2.52 bits per heavy atom. The van der Waals surface area contributed by atoms with Crippen molar-refractivity contribution in [2.45, 2.75) is 13.5 Å². The van der Waals surface area contributed by atoms with E-state index in [0.717, 1.165) is 11.1 Å². The third kappa shape index (κ3) is 3.86. The number of rotatable bonds is 5. The van der Waals surface area contributed by atoms with Gasteiger partial charge in [0.1, 0.15) is 6.54 Å². The summed E-state index contributed by atoms with van der Waals surface area (Å²) in [5.74, 6) is -0.356. The van der Waals surface area contributed by atoms with Crippen LogP contribution in [0.4, 0.5) is 5.69 Å². The van der Waals surface area contributed by atoms with E-state index in [4.69, 9.17) is 5.73 Å². The predicted molar refractivity (Wildman–Crippen MR) is 91.6 cm³/mol. The first-order valence-electron chi connectivity index (χ1n) is 7.56. The van der Waals surface area contributed by atoms with Crippen LogP contribution in [0.5, 0.6) is 0 Å². The standard InChI is InChI=1S/C17H16N6O2/c1-11-4-2-3-5-14(11)17-20-22-23(21-17)10-15(24)19-13-8-6-12(7-9-13)16(18)25/h2-9H,10H2,1H3,(H2,18,25)(H,19,24). The number of hydrogen-bond acceptors (Lipinski definition) is 5. The van der Waals surface area contributed by atoms with Gasteiger partial charge in [0.15, 0.2) is 0 Å². The van der Waals surface area contributed by atoms with Crippen LogP contribution in [0, 0.1) is 6.92 Å². The lowest BCUT2D eigenvalue weighted by atomic mass is 10.1. The average Bonchev–Trinajstić information content (AvgIpc) is 3.03. The first kappa shape index (κ1) is 16.3. The Hall–Kier alpha value is -3.55. The van der Waals surface area contributed by atoms with Gasteiger partial charge >= 0.3 is 0 Å². The molecular formula is C17H16N6O2. The zero-order valence-electron chi connectivity index (χ0n) is 13.5. The van der Waals surface area contributed by atoms with Gasteiger partial charge in [-0.1, -0.05) is 24.3 Å². The number of hydrogen-bond donors (Lipinski definition) is 2. The number of carbonyl (C=O) groups excluding carboxylic acids is 2. The monoisotopic (exact) mass is 336 g/mol. The number of aryl methyl sites for hydroxylation is 1. The fourth-order valence-electron chi connectivity index (χ4n) is 2.29. The fraction of sp³-hybridized carbons (Fsp3) is 0.118. The van der Waals surface area contributed by atoms with Crippen LogP contribution in [-0.4, -0.2) is 32.0 Å². The van der Waals surface area contributed by atoms with Crippen LogP contribution in [0.15, 0.2) is 48.5 Å². The smallest absolute Gasteiger partial charge is 0.248 e. The van der Waals surface area contributed by atoms with Gasteiger partial charge in [-0.05, 0) is 42.0 Å². The Labute approximate surface area is 143 Å². The van der Waals surface area contributed by atoms with Crippen molar-refractivity contribution in [1.29, 1.82) is 0 Å². The summed E-state index contributed by atoms with van der Waals surface area (Å²) in [6.45, 7) is 1.88. The second-order valence-corrected chi connectivity index (χ2v) is 5.45. The molecular weight excluding hydrogens is 320 g/mol. The molecule has 0 spiro atoms. The molecule has 0 fully saturated rings. The van der Waals surface area contributed by atoms with Crippen molar-refractivity contribution in [2.24, 2.45) is 5.73 Å². The molecule has 0 saturated carbocycles. The number of primary amides is 1. The highest BCUT2D eigenvalue weighted by atomic mass is 16.2. The van der Waals surface area contributed by atoms with Crippen LogP contribution in [0.3, 0.4) is 0 Å². The summed E-state index contributed by atoms with van der Waals surface area (Å²) in [6.07, 6.45) is 0. The molecule has 25 heavy (non-hydrogen) atoms. The molecule has 0 bridgehead atoms. The highest BCUT2D eigenvalue weighted by molar-refractivity contribution is 5.94. The molecule has 8 nitrogen and oxygen atoms in total. The van der Waals surface area contributed by atoms with Gasteiger partial charge in [-0.2, -0.15) is 4.80 Å². The molecule has 0 atom stereocenters. The first-order valence-corrected chi connectivity index (χ1v) is 7.56. The second kappa shape index (κ2) is 6.91. The van der Waals surface area contributed by atoms with Crippen LogP contribution in [-0.2, 0) is 11.3 Å². The quantitative estimate of drug-likeness (QED) is 0.730. The van der Waals surface area contributed by atoms with Gasteiger partial charge in [-0.25, -0.2) is 0 Å². The van der Waals surface area contributed by atoms with E-state index >= 15 is 0 Å². The Balaban J connectivity index is 1.66. The number of anilines is 1. The third-order valence-corrected chi connectivity index (χ3v) is 3.58. The Kier molecular flexibility index (Phi) is 4.51. The molecule has 2 aromatic carbocycles.